The molecular formula is C25H40N10O3. The molecule has 38 heavy (non-hydrogen) atoms. The van der Waals surface area contributed by atoms with Crippen LogP contribution in [0.5, 0.6) is 0 Å². The molecule has 3 aromatic rings. The number of anilines is 3. The Hall–Kier alpha value is -2.84. The van der Waals surface area contributed by atoms with Crippen molar-refractivity contribution in [2.24, 2.45) is 12.8 Å². The molecule has 1 saturated heterocycles. The van der Waals surface area contributed by atoms with Gasteiger partial charge in [-0.1, -0.05) is 0 Å². The highest BCUT2D eigenvalue weighted by atomic mass is 16.5. The predicted molar refractivity (Wildman–Crippen MR) is 145 cm³/mol. The molecule has 0 bridgehead atoms. The second-order valence-electron chi connectivity index (χ2n) is 9.83. The summed E-state index contributed by atoms with van der Waals surface area (Å²) < 4.78 is 20.1. The molecule has 2 aliphatic rings. The third-order valence-corrected chi connectivity index (χ3v) is 7.18. The zero-order valence-corrected chi connectivity index (χ0v) is 22.2. The van der Waals surface area contributed by atoms with Crippen molar-refractivity contribution in [3.63, 3.8) is 0 Å². The summed E-state index contributed by atoms with van der Waals surface area (Å²) in [6.07, 6.45) is 10.1. The van der Waals surface area contributed by atoms with Crippen LogP contribution in [0.15, 0.2) is 18.6 Å². The highest BCUT2D eigenvalue weighted by Gasteiger charge is 2.27. The maximum absolute atomic E-state index is 5.59. The van der Waals surface area contributed by atoms with Crippen molar-refractivity contribution in [1.29, 1.82) is 0 Å². The number of morpholine rings is 1. The molecule has 1 aliphatic heterocycles. The van der Waals surface area contributed by atoms with Crippen LogP contribution < -0.4 is 16.4 Å². The molecule has 0 spiro atoms. The molecule has 4 N–H and O–H groups in total. The Morgan fingerprint density at radius 3 is 2.58 bits per heavy atom. The molecule has 4 heterocycles. The number of nitrogens with zero attached hydrogens (tertiary/aromatic N) is 7. The van der Waals surface area contributed by atoms with Crippen molar-refractivity contribution in [3.05, 3.63) is 18.6 Å². The molecule has 0 amide bonds. The average molecular weight is 529 g/mol. The van der Waals surface area contributed by atoms with Crippen LogP contribution in [0.25, 0.3) is 11.0 Å². The first-order valence-corrected chi connectivity index (χ1v) is 13.6. The molecule has 0 unspecified atom stereocenters. The maximum atomic E-state index is 5.59. The average Bonchev–Trinajstić information content (AvgIpc) is 3.55. The largest absolute Gasteiger partial charge is 0.379 e. The Kier molecular flexibility index (Phi) is 9.36. The van der Waals surface area contributed by atoms with Gasteiger partial charge in [-0.05, 0) is 25.7 Å². The first-order valence-electron chi connectivity index (χ1n) is 13.6. The van der Waals surface area contributed by atoms with Gasteiger partial charge in [0.15, 0.2) is 5.82 Å². The van der Waals surface area contributed by atoms with Gasteiger partial charge in [-0.15, -0.1) is 0 Å². The van der Waals surface area contributed by atoms with E-state index in [1.165, 1.54) is 12.8 Å². The van der Waals surface area contributed by atoms with E-state index < -0.39 is 0 Å². The third-order valence-electron chi connectivity index (χ3n) is 7.18. The van der Waals surface area contributed by atoms with Crippen molar-refractivity contribution >= 4 is 28.5 Å². The minimum Gasteiger partial charge on any atom is -0.379 e. The molecular weight excluding hydrogens is 488 g/mol. The molecule has 3 aromatic heterocycles. The van der Waals surface area contributed by atoms with Crippen molar-refractivity contribution < 1.29 is 14.2 Å². The summed E-state index contributed by atoms with van der Waals surface area (Å²) >= 11 is 0. The predicted octanol–water partition coefficient (Wildman–Crippen LogP) is 1.35. The van der Waals surface area contributed by atoms with E-state index >= 15 is 0 Å². The molecule has 5 rings (SSSR count). The SMILES string of the molecule is Cn1ncc2nc(Nc3cnn(CCOCCOCCN)c3)nc(N[C@H]3CC[C@H](N4CCOCC4)CC3)c21. The monoisotopic (exact) mass is 528 g/mol. The van der Waals surface area contributed by atoms with Crippen LogP contribution in [-0.2, 0) is 27.8 Å². The van der Waals surface area contributed by atoms with Crippen molar-refractivity contribution in [1.82, 2.24) is 34.4 Å². The number of hydrogen-bond donors (Lipinski definition) is 3. The highest BCUT2D eigenvalue weighted by Crippen LogP contribution is 2.29. The Balaban J connectivity index is 1.17. The van der Waals surface area contributed by atoms with Gasteiger partial charge in [-0.3, -0.25) is 14.3 Å². The van der Waals surface area contributed by atoms with E-state index in [1.807, 2.05) is 22.6 Å². The normalized spacial score (nSPS) is 20.7. The summed E-state index contributed by atoms with van der Waals surface area (Å²) in [6, 6.07) is 1.03. The minimum atomic E-state index is 0.372. The van der Waals surface area contributed by atoms with Crippen LogP contribution in [0.2, 0.25) is 0 Å². The molecule has 1 aliphatic carbocycles. The van der Waals surface area contributed by atoms with E-state index in [9.17, 15) is 0 Å². The summed E-state index contributed by atoms with van der Waals surface area (Å²) in [7, 11) is 1.93. The molecule has 0 atom stereocenters. The van der Waals surface area contributed by atoms with E-state index in [0.29, 0.717) is 57.5 Å². The summed E-state index contributed by atoms with van der Waals surface area (Å²) in [5.74, 6) is 1.33. The lowest BCUT2D eigenvalue weighted by atomic mass is 9.90. The van der Waals surface area contributed by atoms with Crippen LogP contribution in [0.3, 0.4) is 0 Å². The lowest BCUT2D eigenvalue weighted by Crippen LogP contribution is -2.46. The minimum absolute atomic E-state index is 0.372. The van der Waals surface area contributed by atoms with Crippen molar-refractivity contribution in [2.45, 2.75) is 44.3 Å². The smallest absolute Gasteiger partial charge is 0.230 e. The number of hydrogen-bond acceptors (Lipinski definition) is 11. The number of nitrogens with two attached hydrogens (primary N) is 1. The first-order chi connectivity index (χ1) is 18.7. The van der Waals surface area contributed by atoms with Crippen LogP contribution >= 0.6 is 0 Å². The lowest BCUT2D eigenvalue weighted by Gasteiger charge is -2.39. The third kappa shape index (κ3) is 6.97. The lowest BCUT2D eigenvalue weighted by molar-refractivity contribution is 0.00791. The number of ether oxygens (including phenoxy) is 3. The standard InChI is InChI=1S/C25H40N10O3/c1-33-23-22(17-27-33)31-25(30-20-16-28-35(18-20)9-13-38-15-14-36-10-6-26)32-24(23)29-19-2-4-21(5-3-19)34-7-11-37-12-8-34/h16-19,21H,2-15,26H2,1H3,(H2,29,30,31,32)/t19-,21-. The zero-order valence-electron chi connectivity index (χ0n) is 22.2. The molecule has 13 heteroatoms. The van der Waals surface area contributed by atoms with Gasteiger partial charge >= 0.3 is 0 Å². The Morgan fingerprint density at radius 1 is 1.00 bits per heavy atom. The van der Waals surface area contributed by atoms with E-state index in [1.54, 1.807) is 12.4 Å². The zero-order chi connectivity index (χ0) is 26.2. The van der Waals surface area contributed by atoms with Crippen LogP contribution in [0, 0.1) is 0 Å². The number of nitrogens with one attached hydrogen (secondary N) is 2. The number of fused-ring (bicyclic) bond motifs is 1. The molecule has 208 valence electrons. The van der Waals surface area contributed by atoms with Gasteiger partial charge < -0.3 is 30.6 Å². The Labute approximate surface area is 223 Å². The van der Waals surface area contributed by atoms with Gasteiger partial charge in [0.1, 0.15) is 11.0 Å². The topological polar surface area (TPSA) is 142 Å². The van der Waals surface area contributed by atoms with E-state index in [4.69, 9.17) is 24.9 Å². The number of aromatic nitrogens is 6. The van der Waals surface area contributed by atoms with E-state index in [-0.39, 0.29) is 0 Å². The quantitative estimate of drug-likeness (QED) is 0.277. The molecule has 2 fully saturated rings. The van der Waals surface area contributed by atoms with Crippen molar-refractivity contribution in [3.8, 4) is 0 Å². The highest BCUT2D eigenvalue weighted by molar-refractivity contribution is 5.87. The van der Waals surface area contributed by atoms with Crippen molar-refractivity contribution in [2.75, 3.05) is 69.9 Å². The molecule has 13 nitrogen and oxygen atoms in total. The van der Waals surface area contributed by atoms with Crippen LogP contribution in [0.1, 0.15) is 25.7 Å². The summed E-state index contributed by atoms with van der Waals surface area (Å²) in [5, 5.41) is 15.9. The van der Waals surface area contributed by atoms with E-state index in [0.717, 1.165) is 61.7 Å². The number of aryl methyl sites for hydroxylation is 1. The summed E-state index contributed by atoms with van der Waals surface area (Å²) in [4.78, 5) is 12.1. The number of rotatable bonds is 13. The molecule has 0 aromatic carbocycles. The Bertz CT molecular complexity index is 1140. The maximum Gasteiger partial charge on any atom is 0.230 e. The van der Waals surface area contributed by atoms with Gasteiger partial charge in [0, 0.05) is 45.0 Å². The van der Waals surface area contributed by atoms with Gasteiger partial charge in [0.25, 0.3) is 0 Å². The molecule has 0 radical (unpaired) electrons. The molecule has 1 saturated carbocycles. The fourth-order valence-corrected chi connectivity index (χ4v) is 5.20. The van der Waals surface area contributed by atoms with Gasteiger partial charge in [-0.25, -0.2) is 4.98 Å². The second-order valence-corrected chi connectivity index (χ2v) is 9.83. The van der Waals surface area contributed by atoms with Gasteiger partial charge in [0.2, 0.25) is 5.95 Å². The van der Waals surface area contributed by atoms with E-state index in [2.05, 4.69) is 30.7 Å². The van der Waals surface area contributed by atoms with Crippen LogP contribution in [0.4, 0.5) is 17.5 Å². The van der Waals surface area contributed by atoms with Crippen LogP contribution in [-0.4, -0.2) is 106 Å². The Morgan fingerprint density at radius 2 is 1.79 bits per heavy atom. The van der Waals surface area contributed by atoms with Gasteiger partial charge in [-0.2, -0.15) is 15.2 Å². The van der Waals surface area contributed by atoms with Gasteiger partial charge in [0.05, 0.1) is 64.3 Å². The first kappa shape index (κ1) is 26.8. The second kappa shape index (κ2) is 13.3. The fourth-order valence-electron chi connectivity index (χ4n) is 5.20. The summed E-state index contributed by atoms with van der Waals surface area (Å²) in [5.41, 5.74) is 7.93. The fraction of sp³-hybridized carbons (Fsp3) is 0.680. The summed E-state index contributed by atoms with van der Waals surface area (Å²) in [6.45, 7) is 7.15.